The lowest BCUT2D eigenvalue weighted by Gasteiger charge is -1.93. The van der Waals surface area contributed by atoms with Gasteiger partial charge in [0, 0.05) is 17.9 Å². The number of carbonyl (C=O) groups is 2. The first kappa shape index (κ1) is 12.4. The molecule has 0 aliphatic carbocycles. The third kappa shape index (κ3) is 8.49. The van der Waals surface area contributed by atoms with E-state index in [1.807, 2.05) is 0 Å². The van der Waals surface area contributed by atoms with Crippen LogP contribution in [0.2, 0.25) is 0 Å². The molecule has 0 aliphatic rings. The maximum atomic E-state index is 11.0. The number of hydrogen-bond acceptors (Lipinski definition) is 3. The first-order valence-electron chi connectivity index (χ1n) is 4.39. The standard InChI is InChI=1S/C9H13N3O2/c1-8(13)5-6-9(14)4-2-3-7-11-12-10/h5-6H,2-4,7H2,1H3/b6-5+. The molecule has 0 rings (SSSR count). The van der Waals surface area contributed by atoms with Gasteiger partial charge in [-0.2, -0.15) is 0 Å². The number of unbranched alkanes of at least 4 members (excludes halogenated alkanes) is 1. The molecule has 14 heavy (non-hydrogen) atoms. The molecule has 0 aliphatic heterocycles. The van der Waals surface area contributed by atoms with Crippen molar-refractivity contribution in [2.24, 2.45) is 5.11 Å². The average Bonchev–Trinajstić information content (AvgIpc) is 2.14. The third-order valence-corrected chi connectivity index (χ3v) is 1.50. The number of hydrogen-bond donors (Lipinski definition) is 0. The summed E-state index contributed by atoms with van der Waals surface area (Å²) in [5, 5.41) is 3.34. The normalized spacial score (nSPS) is 9.79. The molecule has 76 valence electrons. The molecule has 0 unspecified atom stereocenters. The van der Waals surface area contributed by atoms with Gasteiger partial charge in [-0.25, -0.2) is 0 Å². The van der Waals surface area contributed by atoms with Crippen LogP contribution in [0.25, 0.3) is 10.4 Å². The van der Waals surface area contributed by atoms with E-state index in [-0.39, 0.29) is 11.6 Å². The van der Waals surface area contributed by atoms with Crippen LogP contribution in [-0.2, 0) is 9.59 Å². The molecule has 0 atom stereocenters. The van der Waals surface area contributed by atoms with Crippen molar-refractivity contribution < 1.29 is 9.59 Å². The molecule has 0 fully saturated rings. The second-order valence-corrected chi connectivity index (χ2v) is 2.82. The smallest absolute Gasteiger partial charge is 0.155 e. The number of rotatable bonds is 7. The van der Waals surface area contributed by atoms with Gasteiger partial charge < -0.3 is 0 Å². The largest absolute Gasteiger partial charge is 0.295 e. The van der Waals surface area contributed by atoms with Gasteiger partial charge in [0.25, 0.3) is 0 Å². The number of nitrogens with zero attached hydrogens (tertiary/aromatic N) is 3. The Balaban J connectivity index is 3.54. The SMILES string of the molecule is CC(=O)/C=C/C(=O)CCCCN=[N+]=[N-]. The molecule has 0 N–H and O–H groups in total. The Morgan fingerprint density at radius 2 is 2.07 bits per heavy atom. The molecular weight excluding hydrogens is 182 g/mol. The number of azide groups is 1. The second kappa shape index (κ2) is 8.01. The fourth-order valence-corrected chi connectivity index (χ4v) is 0.820. The van der Waals surface area contributed by atoms with E-state index in [2.05, 4.69) is 10.0 Å². The topological polar surface area (TPSA) is 82.9 Å². The van der Waals surface area contributed by atoms with E-state index >= 15 is 0 Å². The number of ketones is 2. The molecule has 0 bridgehead atoms. The highest BCUT2D eigenvalue weighted by Crippen LogP contribution is 1.98. The van der Waals surface area contributed by atoms with Crippen molar-refractivity contribution in [1.82, 2.24) is 0 Å². The summed E-state index contributed by atoms with van der Waals surface area (Å²) in [5.41, 5.74) is 7.96. The van der Waals surface area contributed by atoms with E-state index in [1.165, 1.54) is 19.1 Å². The highest BCUT2D eigenvalue weighted by atomic mass is 16.1. The van der Waals surface area contributed by atoms with Crippen molar-refractivity contribution in [1.29, 1.82) is 0 Å². The van der Waals surface area contributed by atoms with E-state index in [4.69, 9.17) is 5.53 Å². The van der Waals surface area contributed by atoms with Gasteiger partial charge in [-0.15, -0.1) is 0 Å². The van der Waals surface area contributed by atoms with Gasteiger partial charge >= 0.3 is 0 Å². The maximum Gasteiger partial charge on any atom is 0.155 e. The molecule has 0 heterocycles. The van der Waals surface area contributed by atoms with Crippen molar-refractivity contribution in [3.8, 4) is 0 Å². The maximum absolute atomic E-state index is 11.0. The summed E-state index contributed by atoms with van der Waals surface area (Å²) in [6.07, 6.45) is 4.32. The lowest BCUT2D eigenvalue weighted by Crippen LogP contribution is -1.94. The Bertz CT molecular complexity index is 278. The molecule has 0 aromatic carbocycles. The Kier molecular flexibility index (Phi) is 7.09. The lowest BCUT2D eigenvalue weighted by molar-refractivity contribution is -0.116. The molecule has 0 spiro atoms. The highest BCUT2D eigenvalue weighted by molar-refractivity contribution is 5.97. The van der Waals surface area contributed by atoms with Crippen LogP contribution in [0.3, 0.4) is 0 Å². The number of allylic oxidation sites excluding steroid dienone is 2. The summed E-state index contributed by atoms with van der Waals surface area (Å²) in [4.78, 5) is 24.1. The van der Waals surface area contributed by atoms with Crippen LogP contribution < -0.4 is 0 Å². The summed E-state index contributed by atoms with van der Waals surface area (Å²) in [5.74, 6) is -0.200. The van der Waals surface area contributed by atoms with Crippen LogP contribution >= 0.6 is 0 Å². The van der Waals surface area contributed by atoms with Crippen LogP contribution in [-0.4, -0.2) is 18.1 Å². The summed E-state index contributed by atoms with van der Waals surface area (Å²) < 4.78 is 0. The van der Waals surface area contributed by atoms with Crippen LogP contribution in [0, 0.1) is 0 Å². The minimum Gasteiger partial charge on any atom is -0.295 e. The quantitative estimate of drug-likeness (QED) is 0.205. The fourth-order valence-electron chi connectivity index (χ4n) is 0.820. The molecule has 5 heteroatoms. The van der Waals surface area contributed by atoms with Gasteiger partial charge in [0.2, 0.25) is 0 Å². The Hall–Kier alpha value is -1.61. The zero-order valence-corrected chi connectivity index (χ0v) is 8.14. The van der Waals surface area contributed by atoms with Crippen LogP contribution in [0.5, 0.6) is 0 Å². The molecule has 0 saturated heterocycles. The van der Waals surface area contributed by atoms with E-state index in [9.17, 15) is 9.59 Å². The summed E-state index contributed by atoms with van der Waals surface area (Å²) >= 11 is 0. The first-order valence-corrected chi connectivity index (χ1v) is 4.39. The monoisotopic (exact) mass is 195 g/mol. The van der Waals surface area contributed by atoms with E-state index in [0.717, 1.165) is 0 Å². The van der Waals surface area contributed by atoms with Crippen molar-refractivity contribution >= 4 is 11.6 Å². The van der Waals surface area contributed by atoms with Crippen LogP contribution in [0.1, 0.15) is 26.2 Å². The van der Waals surface area contributed by atoms with Gasteiger partial charge in [-0.05, 0) is 37.4 Å². The van der Waals surface area contributed by atoms with Crippen LogP contribution in [0.4, 0.5) is 0 Å². The van der Waals surface area contributed by atoms with E-state index < -0.39 is 0 Å². The van der Waals surface area contributed by atoms with E-state index in [0.29, 0.717) is 25.8 Å². The zero-order valence-electron chi connectivity index (χ0n) is 8.14. The Morgan fingerprint density at radius 3 is 2.64 bits per heavy atom. The minimum atomic E-state index is -0.132. The van der Waals surface area contributed by atoms with Gasteiger partial charge in [-0.3, -0.25) is 9.59 Å². The number of carbonyl (C=O) groups excluding carboxylic acids is 2. The van der Waals surface area contributed by atoms with Gasteiger partial charge in [0.1, 0.15) is 0 Å². The van der Waals surface area contributed by atoms with Crippen molar-refractivity contribution in [3.05, 3.63) is 22.6 Å². The summed E-state index contributed by atoms with van der Waals surface area (Å²) in [6, 6.07) is 0. The van der Waals surface area contributed by atoms with Crippen molar-refractivity contribution in [2.45, 2.75) is 26.2 Å². The second-order valence-electron chi connectivity index (χ2n) is 2.82. The molecule has 0 radical (unpaired) electrons. The average molecular weight is 195 g/mol. The lowest BCUT2D eigenvalue weighted by atomic mass is 10.1. The van der Waals surface area contributed by atoms with Gasteiger partial charge in [0.15, 0.2) is 11.6 Å². The predicted octanol–water partition coefficient (Wildman–Crippen LogP) is 2.18. The first-order chi connectivity index (χ1) is 6.66. The summed E-state index contributed by atoms with van der Waals surface area (Å²) in [7, 11) is 0. The van der Waals surface area contributed by atoms with Gasteiger partial charge in [-0.1, -0.05) is 5.11 Å². The molecule has 0 aromatic heterocycles. The van der Waals surface area contributed by atoms with Crippen molar-refractivity contribution in [2.75, 3.05) is 6.54 Å². The van der Waals surface area contributed by atoms with E-state index in [1.54, 1.807) is 0 Å². The Labute approximate surface area is 82.4 Å². The molecular formula is C9H13N3O2. The molecule has 5 nitrogen and oxygen atoms in total. The Morgan fingerprint density at radius 1 is 1.36 bits per heavy atom. The molecule has 0 saturated carbocycles. The predicted molar refractivity (Wildman–Crippen MR) is 52.7 cm³/mol. The fraction of sp³-hybridized carbons (Fsp3) is 0.556. The molecule has 0 amide bonds. The van der Waals surface area contributed by atoms with Crippen LogP contribution in [0.15, 0.2) is 17.3 Å². The highest BCUT2D eigenvalue weighted by Gasteiger charge is 1.96. The molecule has 0 aromatic rings. The third-order valence-electron chi connectivity index (χ3n) is 1.50. The zero-order chi connectivity index (χ0) is 10.8. The minimum absolute atomic E-state index is 0.0684. The van der Waals surface area contributed by atoms with Crippen molar-refractivity contribution in [3.63, 3.8) is 0 Å². The summed E-state index contributed by atoms with van der Waals surface area (Å²) in [6.45, 7) is 1.81. The van der Waals surface area contributed by atoms with Gasteiger partial charge in [0.05, 0.1) is 0 Å².